The second-order valence-corrected chi connectivity index (χ2v) is 7.75. The summed E-state index contributed by atoms with van der Waals surface area (Å²) in [6, 6.07) is 22.6. The van der Waals surface area contributed by atoms with Crippen molar-refractivity contribution in [1.29, 1.82) is 0 Å². The van der Waals surface area contributed by atoms with E-state index in [1.165, 1.54) is 6.07 Å². The van der Waals surface area contributed by atoms with E-state index in [-0.39, 0.29) is 11.2 Å². The smallest absolute Gasteiger partial charge is 0.291 e. The molecule has 0 unspecified atom stereocenters. The predicted octanol–water partition coefficient (Wildman–Crippen LogP) is 5.34. The normalized spacial score (nSPS) is 10.9. The van der Waals surface area contributed by atoms with E-state index in [4.69, 9.17) is 20.4 Å². The summed E-state index contributed by atoms with van der Waals surface area (Å²) in [5.41, 5.74) is 2.30. The number of hydrogen-bond acceptors (Lipinski definition) is 6. The Bertz CT molecular complexity index is 1510. The predicted molar refractivity (Wildman–Crippen MR) is 124 cm³/mol. The highest BCUT2D eigenvalue weighted by molar-refractivity contribution is 6.31. The molecule has 0 radical (unpaired) electrons. The maximum Gasteiger partial charge on any atom is 0.291 e. The van der Waals surface area contributed by atoms with E-state index >= 15 is 0 Å². The van der Waals surface area contributed by atoms with Gasteiger partial charge in [-0.3, -0.25) is 9.59 Å². The van der Waals surface area contributed by atoms with E-state index in [1.807, 2.05) is 42.5 Å². The molecule has 0 saturated carbocycles. The highest BCUT2D eigenvalue weighted by Gasteiger charge is 2.14. The molecule has 162 valence electrons. The molecule has 2 heterocycles. The standard InChI is InChI=1S/C25H16ClN3O4/c26-17-8-11-21-19(13-17)20(30)14-22(32-21)24(31)27-18-9-6-15(7-10-18)12-23-28-29-25(33-23)16-4-2-1-3-5-16/h1-11,13-14H,12H2,(H,27,31). The second kappa shape index (κ2) is 8.72. The van der Waals surface area contributed by atoms with Crippen LogP contribution in [0.25, 0.3) is 22.4 Å². The number of rotatable bonds is 5. The van der Waals surface area contributed by atoms with Crippen LogP contribution in [0, 0.1) is 0 Å². The highest BCUT2D eigenvalue weighted by Crippen LogP contribution is 2.21. The van der Waals surface area contributed by atoms with Gasteiger partial charge in [0.25, 0.3) is 5.91 Å². The number of aromatic nitrogens is 2. The molecule has 8 heteroatoms. The molecule has 7 nitrogen and oxygen atoms in total. The first kappa shape index (κ1) is 20.7. The van der Waals surface area contributed by atoms with Gasteiger partial charge in [0.15, 0.2) is 11.2 Å². The molecule has 1 N–H and O–H groups in total. The molecule has 0 aliphatic heterocycles. The van der Waals surface area contributed by atoms with Crippen LogP contribution in [0.15, 0.2) is 92.5 Å². The van der Waals surface area contributed by atoms with Gasteiger partial charge < -0.3 is 14.2 Å². The number of nitrogens with zero attached hydrogens (tertiary/aromatic N) is 2. The molecule has 5 aromatic rings. The average molecular weight is 458 g/mol. The van der Waals surface area contributed by atoms with Crippen LogP contribution in [0.4, 0.5) is 5.69 Å². The van der Waals surface area contributed by atoms with Crippen LogP contribution in [0.3, 0.4) is 0 Å². The topological polar surface area (TPSA) is 98.2 Å². The van der Waals surface area contributed by atoms with Gasteiger partial charge >= 0.3 is 0 Å². The fraction of sp³-hybridized carbons (Fsp3) is 0.0400. The number of fused-ring (bicyclic) bond motifs is 1. The Hall–Kier alpha value is -4.23. The second-order valence-electron chi connectivity index (χ2n) is 7.31. The van der Waals surface area contributed by atoms with Crippen molar-refractivity contribution in [3.8, 4) is 11.5 Å². The van der Waals surface area contributed by atoms with Crippen LogP contribution in [-0.2, 0) is 6.42 Å². The Morgan fingerprint density at radius 2 is 1.70 bits per heavy atom. The Labute approximate surface area is 192 Å². The largest absolute Gasteiger partial charge is 0.451 e. The van der Waals surface area contributed by atoms with Gasteiger partial charge in [-0.2, -0.15) is 0 Å². The molecule has 0 aliphatic carbocycles. The molecular weight excluding hydrogens is 442 g/mol. The SMILES string of the molecule is O=C(Nc1ccc(Cc2nnc(-c3ccccc3)o2)cc1)c1cc(=O)c2cc(Cl)ccc2o1. The first-order valence-electron chi connectivity index (χ1n) is 10.1. The monoisotopic (exact) mass is 457 g/mol. The number of anilines is 1. The molecule has 0 atom stereocenters. The van der Waals surface area contributed by atoms with Gasteiger partial charge in [-0.15, -0.1) is 10.2 Å². The molecule has 5 rings (SSSR count). The molecule has 0 saturated heterocycles. The molecule has 33 heavy (non-hydrogen) atoms. The number of amides is 1. The number of hydrogen-bond donors (Lipinski definition) is 1. The fourth-order valence-electron chi connectivity index (χ4n) is 3.34. The lowest BCUT2D eigenvalue weighted by Crippen LogP contribution is -2.15. The van der Waals surface area contributed by atoms with Crippen molar-refractivity contribution in [3.63, 3.8) is 0 Å². The molecule has 0 spiro atoms. The molecular formula is C25H16ClN3O4. The summed E-state index contributed by atoms with van der Waals surface area (Å²) >= 11 is 5.92. The van der Waals surface area contributed by atoms with Crippen molar-refractivity contribution in [2.24, 2.45) is 0 Å². The van der Waals surface area contributed by atoms with E-state index in [9.17, 15) is 9.59 Å². The fourth-order valence-corrected chi connectivity index (χ4v) is 3.51. The Morgan fingerprint density at radius 3 is 2.48 bits per heavy atom. The van der Waals surface area contributed by atoms with Gasteiger partial charge in [0.05, 0.1) is 11.8 Å². The van der Waals surface area contributed by atoms with Gasteiger partial charge in [-0.1, -0.05) is 41.9 Å². The van der Waals surface area contributed by atoms with Gasteiger partial charge in [0.1, 0.15) is 5.58 Å². The van der Waals surface area contributed by atoms with Gasteiger partial charge in [0.2, 0.25) is 11.8 Å². The third-order valence-electron chi connectivity index (χ3n) is 4.97. The molecule has 3 aromatic carbocycles. The zero-order chi connectivity index (χ0) is 22.8. The van der Waals surface area contributed by atoms with Crippen LogP contribution in [0.1, 0.15) is 22.0 Å². The third kappa shape index (κ3) is 4.53. The minimum atomic E-state index is -0.527. The van der Waals surface area contributed by atoms with Crippen molar-refractivity contribution >= 4 is 34.2 Å². The minimum Gasteiger partial charge on any atom is -0.451 e. The van der Waals surface area contributed by atoms with Crippen LogP contribution in [0.5, 0.6) is 0 Å². The van der Waals surface area contributed by atoms with E-state index in [0.29, 0.717) is 39.9 Å². The van der Waals surface area contributed by atoms with Crippen molar-refractivity contribution in [2.45, 2.75) is 6.42 Å². The number of carbonyl (C=O) groups is 1. The number of carbonyl (C=O) groups excluding carboxylic acids is 1. The van der Waals surface area contributed by atoms with Crippen LogP contribution < -0.4 is 10.7 Å². The Kier molecular flexibility index (Phi) is 5.46. The molecule has 0 aliphatic rings. The Balaban J connectivity index is 1.28. The Morgan fingerprint density at radius 1 is 0.909 bits per heavy atom. The lowest BCUT2D eigenvalue weighted by atomic mass is 10.1. The zero-order valence-electron chi connectivity index (χ0n) is 17.1. The van der Waals surface area contributed by atoms with Gasteiger partial charge in [-0.05, 0) is 48.0 Å². The van der Waals surface area contributed by atoms with Crippen molar-refractivity contribution in [1.82, 2.24) is 10.2 Å². The summed E-state index contributed by atoms with van der Waals surface area (Å²) in [6.07, 6.45) is 0.455. The summed E-state index contributed by atoms with van der Waals surface area (Å²) in [6.45, 7) is 0. The van der Waals surface area contributed by atoms with Crippen LogP contribution in [0.2, 0.25) is 5.02 Å². The zero-order valence-corrected chi connectivity index (χ0v) is 17.9. The first-order chi connectivity index (χ1) is 16.0. The molecule has 2 aromatic heterocycles. The van der Waals surface area contributed by atoms with E-state index in [1.54, 1.807) is 24.3 Å². The third-order valence-corrected chi connectivity index (χ3v) is 5.20. The number of halogens is 1. The first-order valence-corrected chi connectivity index (χ1v) is 10.4. The minimum absolute atomic E-state index is 0.0850. The number of nitrogens with one attached hydrogen (secondary N) is 1. The van der Waals surface area contributed by atoms with Crippen LogP contribution in [-0.4, -0.2) is 16.1 Å². The average Bonchev–Trinajstić information content (AvgIpc) is 3.30. The lowest BCUT2D eigenvalue weighted by molar-refractivity contribution is 0.0997. The molecule has 0 bridgehead atoms. The van der Waals surface area contributed by atoms with Gasteiger partial charge in [-0.25, -0.2) is 0 Å². The van der Waals surface area contributed by atoms with Crippen molar-refractivity contribution < 1.29 is 13.6 Å². The summed E-state index contributed by atoms with van der Waals surface area (Å²) in [5.74, 6) is 0.344. The lowest BCUT2D eigenvalue weighted by Gasteiger charge is -2.06. The maximum absolute atomic E-state index is 12.6. The van der Waals surface area contributed by atoms with Crippen molar-refractivity contribution in [2.75, 3.05) is 5.32 Å². The van der Waals surface area contributed by atoms with Gasteiger partial charge in [0, 0.05) is 22.3 Å². The summed E-state index contributed by atoms with van der Waals surface area (Å²) in [7, 11) is 0. The molecule has 1 amide bonds. The van der Waals surface area contributed by atoms with E-state index < -0.39 is 5.91 Å². The summed E-state index contributed by atoms with van der Waals surface area (Å²) in [4.78, 5) is 24.9. The quantitative estimate of drug-likeness (QED) is 0.382. The summed E-state index contributed by atoms with van der Waals surface area (Å²) in [5, 5.41) is 11.7. The summed E-state index contributed by atoms with van der Waals surface area (Å²) < 4.78 is 11.3. The highest BCUT2D eigenvalue weighted by atomic mass is 35.5. The van der Waals surface area contributed by atoms with Crippen molar-refractivity contribution in [3.05, 3.63) is 111 Å². The maximum atomic E-state index is 12.6. The van der Waals surface area contributed by atoms with E-state index in [0.717, 1.165) is 17.2 Å². The molecule has 0 fully saturated rings. The van der Waals surface area contributed by atoms with E-state index in [2.05, 4.69) is 15.5 Å². The van der Waals surface area contributed by atoms with Crippen LogP contribution >= 0.6 is 11.6 Å². The number of benzene rings is 3.